The molecule has 0 amide bonds. The highest BCUT2D eigenvalue weighted by Crippen LogP contribution is 2.39. The third-order valence-corrected chi connectivity index (χ3v) is 5.65. The molecule has 0 saturated heterocycles. The van der Waals surface area contributed by atoms with Crippen LogP contribution in [0.3, 0.4) is 0 Å². The third-order valence-electron chi connectivity index (χ3n) is 5.65. The molecule has 26 heavy (non-hydrogen) atoms. The first-order valence-corrected chi connectivity index (χ1v) is 8.85. The summed E-state index contributed by atoms with van der Waals surface area (Å²) in [6.07, 6.45) is 6.27. The molecule has 0 N–H and O–H groups in total. The lowest BCUT2D eigenvalue weighted by Crippen LogP contribution is -1.87. The van der Waals surface area contributed by atoms with Gasteiger partial charge in [-0.15, -0.1) is 0 Å². The van der Waals surface area contributed by atoms with Crippen molar-refractivity contribution in [3.8, 4) is 0 Å². The van der Waals surface area contributed by atoms with Crippen LogP contribution in [0, 0.1) is 0 Å². The number of aromatic nitrogens is 3. The number of rotatable bonds is 0. The maximum atomic E-state index is 4.70. The zero-order valence-electron chi connectivity index (χ0n) is 14.7. The smallest absolute Gasteiger partial charge is 0.0802 e. The minimum atomic E-state index is 1.08. The molecule has 6 rings (SSSR count). The number of hydrogen-bond donors (Lipinski definition) is 0. The molecule has 3 nitrogen and oxygen atoms in total. The first-order chi connectivity index (χ1) is 12.7. The Morgan fingerprint density at radius 2 is 1.42 bits per heavy atom. The van der Waals surface area contributed by atoms with Crippen LogP contribution in [0.25, 0.3) is 54.3 Å². The topological polar surface area (TPSA) is 22.8 Å². The Bertz CT molecular complexity index is 1500. The average molecular weight is 335 g/mol. The molecule has 3 heteroatoms. The summed E-state index contributed by atoms with van der Waals surface area (Å²) in [4.78, 5) is 4.70. The molecule has 0 saturated carbocycles. The molecule has 0 unspecified atom stereocenters. The number of para-hydroxylation sites is 1. The average Bonchev–Trinajstić information content (AvgIpc) is 3.20. The minimum absolute atomic E-state index is 1.08. The van der Waals surface area contributed by atoms with E-state index >= 15 is 0 Å². The molecular formula is C23H17N3. The molecule has 0 spiro atoms. The van der Waals surface area contributed by atoms with Crippen molar-refractivity contribution < 1.29 is 0 Å². The summed E-state index contributed by atoms with van der Waals surface area (Å²) in [5.74, 6) is 0. The third kappa shape index (κ3) is 1.60. The van der Waals surface area contributed by atoms with E-state index in [1.54, 1.807) is 0 Å². The van der Waals surface area contributed by atoms with Gasteiger partial charge in [-0.2, -0.15) is 0 Å². The number of aryl methyl sites for hydroxylation is 2. The van der Waals surface area contributed by atoms with Crippen LogP contribution in [0.4, 0.5) is 0 Å². The second-order valence-corrected chi connectivity index (χ2v) is 7.14. The molecule has 6 aromatic rings. The Labute approximate surface area is 150 Å². The van der Waals surface area contributed by atoms with Crippen molar-refractivity contribution in [2.45, 2.75) is 0 Å². The Kier molecular flexibility index (Phi) is 2.48. The van der Waals surface area contributed by atoms with E-state index in [1.165, 1.54) is 48.7 Å². The van der Waals surface area contributed by atoms with E-state index in [0.29, 0.717) is 0 Å². The summed E-state index contributed by atoms with van der Waals surface area (Å²) >= 11 is 0. The van der Waals surface area contributed by atoms with Crippen molar-refractivity contribution in [3.63, 3.8) is 0 Å². The number of nitrogens with zero attached hydrogens (tertiary/aromatic N) is 3. The zero-order chi connectivity index (χ0) is 17.4. The number of hydrogen-bond acceptors (Lipinski definition) is 1. The molecule has 0 aliphatic carbocycles. The fourth-order valence-electron chi connectivity index (χ4n) is 4.48. The van der Waals surface area contributed by atoms with Gasteiger partial charge in [0.1, 0.15) is 0 Å². The Morgan fingerprint density at radius 1 is 0.654 bits per heavy atom. The summed E-state index contributed by atoms with van der Waals surface area (Å²) in [6.45, 7) is 0. The monoisotopic (exact) mass is 335 g/mol. The van der Waals surface area contributed by atoms with Gasteiger partial charge in [0.25, 0.3) is 0 Å². The maximum absolute atomic E-state index is 4.70. The van der Waals surface area contributed by atoms with E-state index in [2.05, 4.69) is 78.1 Å². The molecule has 0 fully saturated rings. The van der Waals surface area contributed by atoms with Crippen LogP contribution in [0.1, 0.15) is 0 Å². The van der Waals surface area contributed by atoms with Crippen molar-refractivity contribution in [1.82, 2.24) is 14.1 Å². The van der Waals surface area contributed by atoms with Gasteiger partial charge in [0, 0.05) is 70.7 Å². The van der Waals surface area contributed by atoms with E-state index < -0.39 is 0 Å². The Hall–Kier alpha value is -3.33. The summed E-state index contributed by atoms with van der Waals surface area (Å²) in [7, 11) is 4.23. The van der Waals surface area contributed by atoms with E-state index in [0.717, 1.165) is 5.52 Å². The predicted molar refractivity (Wildman–Crippen MR) is 110 cm³/mol. The quantitative estimate of drug-likeness (QED) is 0.335. The van der Waals surface area contributed by atoms with Gasteiger partial charge in [-0.05, 0) is 35.0 Å². The first-order valence-electron chi connectivity index (χ1n) is 8.85. The largest absolute Gasteiger partial charge is 0.356 e. The van der Waals surface area contributed by atoms with Crippen LogP contribution in [-0.4, -0.2) is 14.1 Å². The van der Waals surface area contributed by atoms with Gasteiger partial charge in [-0.1, -0.05) is 24.3 Å². The standard InChI is InChI=1S/C23H17N3/c1-25-12-19-17-11-22-18(14-6-3-4-8-21(14)26(22)2)10-16(17)15-7-5-9-24-23(15)20(19)13-25/h3-13H,1-2H3. The van der Waals surface area contributed by atoms with Crippen LogP contribution in [0.15, 0.2) is 67.1 Å². The van der Waals surface area contributed by atoms with Gasteiger partial charge in [-0.25, -0.2) is 0 Å². The fourth-order valence-corrected chi connectivity index (χ4v) is 4.48. The van der Waals surface area contributed by atoms with Crippen LogP contribution in [0.2, 0.25) is 0 Å². The summed E-state index contributed by atoms with van der Waals surface area (Å²) in [6, 6.07) is 17.5. The van der Waals surface area contributed by atoms with Gasteiger partial charge in [0.05, 0.1) is 5.52 Å². The van der Waals surface area contributed by atoms with Crippen molar-refractivity contribution in [2.24, 2.45) is 14.1 Å². The van der Waals surface area contributed by atoms with Crippen molar-refractivity contribution in [2.75, 3.05) is 0 Å². The lowest BCUT2D eigenvalue weighted by atomic mass is 9.98. The van der Waals surface area contributed by atoms with Crippen molar-refractivity contribution in [3.05, 3.63) is 67.1 Å². The SMILES string of the molecule is Cn1cc2c3cc4c(cc3c3cccnc3c2c1)c1ccccc1n4C. The van der Waals surface area contributed by atoms with E-state index in [1.807, 2.05) is 12.3 Å². The molecule has 0 bridgehead atoms. The highest BCUT2D eigenvalue weighted by molar-refractivity contribution is 6.27. The molecule has 0 atom stereocenters. The van der Waals surface area contributed by atoms with Crippen LogP contribution >= 0.6 is 0 Å². The highest BCUT2D eigenvalue weighted by Gasteiger charge is 2.15. The first kappa shape index (κ1) is 13.9. The second-order valence-electron chi connectivity index (χ2n) is 7.14. The molecule has 3 aromatic heterocycles. The van der Waals surface area contributed by atoms with Crippen LogP contribution in [-0.2, 0) is 14.1 Å². The van der Waals surface area contributed by atoms with Gasteiger partial charge >= 0.3 is 0 Å². The lowest BCUT2D eigenvalue weighted by molar-refractivity contribution is 0.934. The molecule has 0 radical (unpaired) electrons. The molecule has 124 valence electrons. The minimum Gasteiger partial charge on any atom is -0.356 e. The predicted octanol–water partition coefficient (Wildman–Crippen LogP) is 5.52. The van der Waals surface area contributed by atoms with E-state index in [4.69, 9.17) is 4.98 Å². The van der Waals surface area contributed by atoms with Crippen molar-refractivity contribution in [1.29, 1.82) is 0 Å². The maximum Gasteiger partial charge on any atom is 0.0802 e. The number of benzene rings is 3. The number of fused-ring (bicyclic) bond motifs is 9. The Balaban J connectivity index is 1.97. The molecule has 3 aromatic carbocycles. The van der Waals surface area contributed by atoms with Gasteiger partial charge < -0.3 is 9.13 Å². The van der Waals surface area contributed by atoms with Crippen LogP contribution < -0.4 is 0 Å². The van der Waals surface area contributed by atoms with Crippen LogP contribution in [0.5, 0.6) is 0 Å². The lowest BCUT2D eigenvalue weighted by Gasteiger charge is -2.07. The molecular weight excluding hydrogens is 318 g/mol. The van der Waals surface area contributed by atoms with Gasteiger partial charge in [0.15, 0.2) is 0 Å². The molecule has 0 aliphatic heterocycles. The normalized spacial score (nSPS) is 12.2. The Morgan fingerprint density at radius 3 is 2.35 bits per heavy atom. The highest BCUT2D eigenvalue weighted by atomic mass is 14.9. The van der Waals surface area contributed by atoms with E-state index in [9.17, 15) is 0 Å². The molecule has 0 aliphatic rings. The van der Waals surface area contributed by atoms with Gasteiger partial charge in [0.2, 0.25) is 0 Å². The second kappa shape index (κ2) is 4.64. The van der Waals surface area contributed by atoms with Crippen molar-refractivity contribution >= 4 is 54.3 Å². The van der Waals surface area contributed by atoms with E-state index in [-0.39, 0.29) is 0 Å². The summed E-state index contributed by atoms with van der Waals surface area (Å²) in [5.41, 5.74) is 3.62. The molecule has 3 heterocycles. The summed E-state index contributed by atoms with van der Waals surface area (Å²) < 4.78 is 4.43. The fraction of sp³-hybridized carbons (Fsp3) is 0.0870. The van der Waals surface area contributed by atoms with Gasteiger partial charge in [-0.3, -0.25) is 4.98 Å². The zero-order valence-corrected chi connectivity index (χ0v) is 14.7. The summed E-state index contributed by atoms with van der Waals surface area (Å²) in [5, 5.41) is 8.87. The number of pyridine rings is 1.